The quantitative estimate of drug-likeness (QED) is 0.725. The molecule has 2 aromatic heterocycles. The third-order valence-electron chi connectivity index (χ3n) is 2.67. The number of H-pyrrole nitrogens is 1. The van der Waals surface area contributed by atoms with Crippen LogP contribution in [0.1, 0.15) is 5.56 Å². The number of aromatic amines is 1. The molecule has 3 rings (SSSR count). The fraction of sp³-hybridized carbons (Fsp3) is 0.0769. The Hall–Kier alpha value is -1.94. The molecule has 0 atom stereocenters. The highest BCUT2D eigenvalue weighted by atomic mass is 35.5. The Morgan fingerprint density at radius 1 is 1.28 bits per heavy atom. The molecule has 3 aromatic rings. The first-order valence-corrected chi connectivity index (χ1v) is 5.79. The maximum absolute atomic E-state index is 13.1. The lowest BCUT2D eigenvalue weighted by molar-refractivity contribution is 0.628. The summed E-state index contributed by atoms with van der Waals surface area (Å²) in [5.41, 5.74) is 3.27. The third-order valence-corrected chi connectivity index (χ3v) is 2.96. The van der Waals surface area contributed by atoms with E-state index in [1.165, 1.54) is 6.07 Å². The Bertz CT molecular complexity index is 736. The van der Waals surface area contributed by atoms with Gasteiger partial charge in [0.05, 0.1) is 10.5 Å². The van der Waals surface area contributed by atoms with E-state index in [2.05, 4.69) is 15.0 Å². The third kappa shape index (κ3) is 1.84. The fourth-order valence-corrected chi connectivity index (χ4v) is 1.97. The molecule has 0 bridgehead atoms. The number of hydrogen-bond acceptors (Lipinski definition) is 2. The van der Waals surface area contributed by atoms with Crippen molar-refractivity contribution in [2.75, 3.05) is 0 Å². The predicted molar refractivity (Wildman–Crippen MR) is 69.0 cm³/mol. The summed E-state index contributed by atoms with van der Waals surface area (Å²) in [5, 5.41) is 0.0806. The zero-order valence-corrected chi connectivity index (χ0v) is 10.3. The second-order valence-corrected chi connectivity index (χ2v) is 4.51. The molecular weight excluding hydrogens is 253 g/mol. The van der Waals surface area contributed by atoms with Crippen LogP contribution in [0.15, 0.2) is 30.5 Å². The van der Waals surface area contributed by atoms with E-state index in [1.807, 2.05) is 13.0 Å². The molecule has 0 aliphatic heterocycles. The number of aromatic nitrogens is 3. The van der Waals surface area contributed by atoms with Gasteiger partial charge in [0.15, 0.2) is 5.65 Å². The highest BCUT2D eigenvalue weighted by Crippen LogP contribution is 2.24. The molecule has 5 heteroatoms. The second-order valence-electron chi connectivity index (χ2n) is 4.10. The zero-order chi connectivity index (χ0) is 12.7. The van der Waals surface area contributed by atoms with Crippen LogP contribution in [-0.4, -0.2) is 15.0 Å². The Labute approximate surface area is 108 Å². The number of imidazole rings is 1. The van der Waals surface area contributed by atoms with Crippen LogP contribution in [-0.2, 0) is 0 Å². The number of nitrogens with one attached hydrogen (secondary N) is 1. The van der Waals surface area contributed by atoms with E-state index in [4.69, 9.17) is 11.6 Å². The number of aryl methyl sites for hydroxylation is 1. The maximum atomic E-state index is 13.1. The lowest BCUT2D eigenvalue weighted by atomic mass is 10.2. The first-order valence-electron chi connectivity index (χ1n) is 5.41. The highest BCUT2D eigenvalue weighted by Gasteiger charge is 2.08. The van der Waals surface area contributed by atoms with E-state index in [1.54, 1.807) is 18.3 Å². The van der Waals surface area contributed by atoms with Crippen LogP contribution in [0, 0.1) is 12.7 Å². The van der Waals surface area contributed by atoms with Crippen molar-refractivity contribution in [3.8, 4) is 11.4 Å². The van der Waals surface area contributed by atoms with Crippen molar-refractivity contribution in [3.05, 3.63) is 46.9 Å². The van der Waals surface area contributed by atoms with Gasteiger partial charge in [0.1, 0.15) is 11.6 Å². The summed E-state index contributed by atoms with van der Waals surface area (Å²) in [6.45, 7) is 1.96. The topological polar surface area (TPSA) is 41.6 Å². The molecule has 0 aliphatic rings. The molecular formula is C13H9ClFN3. The van der Waals surface area contributed by atoms with Gasteiger partial charge in [-0.15, -0.1) is 0 Å². The number of hydrogen-bond donors (Lipinski definition) is 1. The molecule has 0 spiro atoms. The number of halogens is 2. The molecule has 2 heterocycles. The summed E-state index contributed by atoms with van der Waals surface area (Å²) in [6.07, 6.45) is 1.75. The van der Waals surface area contributed by atoms with Crippen molar-refractivity contribution in [3.63, 3.8) is 0 Å². The summed E-state index contributed by atoms with van der Waals surface area (Å²) in [5.74, 6) is 0.190. The van der Waals surface area contributed by atoms with Gasteiger partial charge in [0.2, 0.25) is 0 Å². The van der Waals surface area contributed by atoms with Crippen molar-refractivity contribution in [2.24, 2.45) is 0 Å². The van der Waals surface area contributed by atoms with Crippen LogP contribution >= 0.6 is 11.6 Å². The maximum Gasteiger partial charge on any atom is 0.178 e. The molecule has 90 valence electrons. The molecule has 0 saturated heterocycles. The van der Waals surface area contributed by atoms with E-state index < -0.39 is 5.82 Å². The standard InChI is InChI=1S/C13H9ClFN3/c1-7-4-11-13(16-6-7)18-12(17-11)8-2-3-10(15)9(14)5-8/h2-6H,1H3,(H,16,17,18). The van der Waals surface area contributed by atoms with E-state index >= 15 is 0 Å². The Kier molecular flexibility index (Phi) is 2.52. The molecule has 1 N–H and O–H groups in total. The minimum absolute atomic E-state index is 0.0806. The molecule has 3 nitrogen and oxygen atoms in total. The van der Waals surface area contributed by atoms with Crippen LogP contribution in [0.3, 0.4) is 0 Å². The molecule has 0 amide bonds. The fourth-order valence-electron chi connectivity index (χ4n) is 1.78. The van der Waals surface area contributed by atoms with Gasteiger partial charge in [-0.25, -0.2) is 14.4 Å². The first kappa shape index (κ1) is 11.2. The minimum atomic E-state index is -0.439. The molecule has 0 unspecified atom stereocenters. The Balaban J connectivity index is 2.16. The van der Waals surface area contributed by atoms with Gasteiger partial charge in [-0.05, 0) is 36.8 Å². The van der Waals surface area contributed by atoms with Crippen molar-refractivity contribution in [1.82, 2.24) is 15.0 Å². The van der Waals surface area contributed by atoms with Crippen LogP contribution < -0.4 is 0 Å². The lowest BCUT2D eigenvalue weighted by Gasteiger charge is -1.98. The molecule has 1 aromatic carbocycles. The van der Waals surface area contributed by atoms with Crippen molar-refractivity contribution >= 4 is 22.8 Å². The number of nitrogens with zero attached hydrogens (tertiary/aromatic N) is 2. The van der Waals surface area contributed by atoms with Gasteiger partial charge in [-0.2, -0.15) is 0 Å². The first-order chi connectivity index (χ1) is 8.63. The normalized spacial score (nSPS) is 11.1. The number of pyridine rings is 1. The molecule has 18 heavy (non-hydrogen) atoms. The summed E-state index contributed by atoms with van der Waals surface area (Å²) in [4.78, 5) is 11.7. The smallest absolute Gasteiger partial charge is 0.178 e. The van der Waals surface area contributed by atoms with E-state index in [0.717, 1.165) is 16.6 Å². The Morgan fingerprint density at radius 2 is 2.11 bits per heavy atom. The van der Waals surface area contributed by atoms with Gasteiger partial charge in [0.25, 0.3) is 0 Å². The summed E-state index contributed by atoms with van der Waals surface area (Å²) < 4.78 is 13.1. The van der Waals surface area contributed by atoms with Crippen molar-refractivity contribution in [2.45, 2.75) is 6.92 Å². The number of benzene rings is 1. The van der Waals surface area contributed by atoms with Gasteiger partial charge in [-0.3, -0.25) is 0 Å². The summed E-state index contributed by atoms with van der Waals surface area (Å²) in [6, 6.07) is 6.46. The van der Waals surface area contributed by atoms with Crippen LogP contribution in [0.4, 0.5) is 4.39 Å². The SMILES string of the molecule is Cc1cnc2nc(-c3ccc(F)c(Cl)c3)[nH]c2c1. The van der Waals surface area contributed by atoms with Gasteiger partial charge >= 0.3 is 0 Å². The van der Waals surface area contributed by atoms with Crippen molar-refractivity contribution in [1.29, 1.82) is 0 Å². The van der Waals surface area contributed by atoms with E-state index in [9.17, 15) is 4.39 Å². The average Bonchev–Trinajstić information content (AvgIpc) is 2.75. The van der Waals surface area contributed by atoms with E-state index in [0.29, 0.717) is 11.5 Å². The van der Waals surface area contributed by atoms with Crippen molar-refractivity contribution < 1.29 is 4.39 Å². The molecule has 0 fully saturated rings. The number of rotatable bonds is 1. The zero-order valence-electron chi connectivity index (χ0n) is 9.54. The summed E-state index contributed by atoms with van der Waals surface area (Å²) >= 11 is 5.76. The largest absolute Gasteiger partial charge is 0.337 e. The second kappa shape index (κ2) is 4.07. The summed E-state index contributed by atoms with van der Waals surface area (Å²) in [7, 11) is 0. The molecule has 0 radical (unpaired) electrons. The Morgan fingerprint density at radius 3 is 2.89 bits per heavy atom. The number of fused-ring (bicyclic) bond motifs is 1. The van der Waals surface area contributed by atoms with E-state index in [-0.39, 0.29) is 5.02 Å². The van der Waals surface area contributed by atoms with Gasteiger partial charge < -0.3 is 4.98 Å². The minimum Gasteiger partial charge on any atom is -0.337 e. The lowest BCUT2D eigenvalue weighted by Crippen LogP contribution is -1.83. The average molecular weight is 262 g/mol. The molecule has 0 saturated carbocycles. The van der Waals surface area contributed by atoms with Crippen LogP contribution in [0.5, 0.6) is 0 Å². The van der Waals surface area contributed by atoms with Crippen LogP contribution in [0.25, 0.3) is 22.6 Å². The van der Waals surface area contributed by atoms with Gasteiger partial charge in [-0.1, -0.05) is 11.6 Å². The predicted octanol–water partition coefficient (Wildman–Crippen LogP) is 3.73. The monoisotopic (exact) mass is 261 g/mol. The van der Waals surface area contributed by atoms with Gasteiger partial charge in [0, 0.05) is 11.8 Å². The highest BCUT2D eigenvalue weighted by molar-refractivity contribution is 6.31. The van der Waals surface area contributed by atoms with Crippen LogP contribution in [0.2, 0.25) is 5.02 Å². The molecule has 0 aliphatic carbocycles.